The molecule has 2 heterocycles. The van der Waals surface area contributed by atoms with E-state index in [-0.39, 0.29) is 6.09 Å². The van der Waals surface area contributed by atoms with Crippen molar-refractivity contribution < 1.29 is 19.0 Å². The first-order chi connectivity index (χ1) is 11.4. The zero-order valence-electron chi connectivity index (χ0n) is 14.9. The van der Waals surface area contributed by atoms with Gasteiger partial charge in [-0.15, -0.1) is 0 Å². The van der Waals surface area contributed by atoms with E-state index < -0.39 is 5.60 Å². The average molecular weight is 337 g/mol. The molecule has 1 saturated heterocycles. The maximum absolute atomic E-state index is 12.2. The summed E-state index contributed by atoms with van der Waals surface area (Å²) in [6.45, 7) is 7.95. The molecule has 0 saturated carbocycles. The van der Waals surface area contributed by atoms with Gasteiger partial charge in [0, 0.05) is 31.4 Å². The van der Waals surface area contributed by atoms with Crippen molar-refractivity contribution in [3.8, 4) is 5.88 Å². The lowest BCUT2D eigenvalue weighted by molar-refractivity contribution is 0.00552. The summed E-state index contributed by atoms with van der Waals surface area (Å²) in [7, 11) is 1.56. The van der Waals surface area contributed by atoms with Gasteiger partial charge in [-0.1, -0.05) is 0 Å². The van der Waals surface area contributed by atoms with Gasteiger partial charge < -0.3 is 19.1 Å². The normalized spacial score (nSPS) is 18.3. The molecule has 0 unspecified atom stereocenters. The highest BCUT2D eigenvalue weighted by molar-refractivity contribution is 5.68. The number of methoxy groups -OCH3 is 1. The molecule has 2 rings (SSSR count). The second kappa shape index (κ2) is 8.28. The van der Waals surface area contributed by atoms with Gasteiger partial charge in [-0.2, -0.15) is 0 Å². The van der Waals surface area contributed by atoms with E-state index in [2.05, 4.69) is 9.97 Å². The van der Waals surface area contributed by atoms with E-state index in [0.29, 0.717) is 37.3 Å². The van der Waals surface area contributed by atoms with Gasteiger partial charge in [0.25, 0.3) is 0 Å². The fourth-order valence-corrected chi connectivity index (χ4v) is 2.64. The van der Waals surface area contributed by atoms with Crippen molar-refractivity contribution in [2.75, 3.05) is 26.8 Å². The summed E-state index contributed by atoms with van der Waals surface area (Å²) >= 11 is 0. The van der Waals surface area contributed by atoms with Crippen LogP contribution in [0.2, 0.25) is 0 Å². The maximum atomic E-state index is 12.2. The van der Waals surface area contributed by atoms with Crippen LogP contribution in [0.25, 0.3) is 0 Å². The Kier molecular flexibility index (Phi) is 6.36. The number of nitrogens with zero attached hydrogens (tertiary/aromatic N) is 3. The van der Waals surface area contributed by atoms with Crippen molar-refractivity contribution >= 4 is 6.09 Å². The number of piperidine rings is 1. The molecular formula is C17H27N3O4. The van der Waals surface area contributed by atoms with Crippen LogP contribution in [0.1, 0.15) is 39.3 Å². The van der Waals surface area contributed by atoms with E-state index in [1.54, 1.807) is 24.4 Å². The van der Waals surface area contributed by atoms with Crippen molar-refractivity contribution in [3.05, 3.63) is 18.1 Å². The van der Waals surface area contributed by atoms with Crippen molar-refractivity contribution in [2.45, 2.75) is 45.8 Å². The maximum Gasteiger partial charge on any atom is 0.410 e. The number of likely N-dealkylation sites (tertiary alicyclic amines) is 1. The minimum Gasteiger partial charge on any atom is -0.480 e. The Balaban J connectivity index is 1.80. The number of hydrogen-bond donors (Lipinski definition) is 0. The molecule has 1 aromatic heterocycles. The molecule has 0 aliphatic carbocycles. The predicted octanol–water partition coefficient (Wildman–Crippen LogP) is 2.65. The van der Waals surface area contributed by atoms with Gasteiger partial charge in [-0.25, -0.2) is 9.78 Å². The molecule has 7 heteroatoms. The molecule has 1 amide bonds. The summed E-state index contributed by atoms with van der Waals surface area (Å²) in [5.41, 5.74) is 0.211. The van der Waals surface area contributed by atoms with Crippen LogP contribution < -0.4 is 4.74 Å². The molecular weight excluding hydrogens is 310 g/mol. The van der Waals surface area contributed by atoms with Gasteiger partial charge in [0.1, 0.15) is 11.3 Å². The van der Waals surface area contributed by atoms with E-state index in [1.165, 1.54) is 0 Å². The van der Waals surface area contributed by atoms with Crippen LogP contribution in [0, 0.1) is 5.92 Å². The van der Waals surface area contributed by atoms with Crippen molar-refractivity contribution in [3.63, 3.8) is 0 Å². The van der Waals surface area contributed by atoms with Gasteiger partial charge in [-0.05, 0) is 33.6 Å². The summed E-state index contributed by atoms with van der Waals surface area (Å²) in [4.78, 5) is 22.3. The summed E-state index contributed by atoms with van der Waals surface area (Å²) in [6, 6.07) is 0. The molecule has 0 spiro atoms. The lowest BCUT2D eigenvalue weighted by atomic mass is 9.99. The number of aromatic nitrogens is 2. The molecule has 1 atom stereocenters. The highest BCUT2D eigenvalue weighted by Gasteiger charge is 2.27. The first-order valence-electron chi connectivity index (χ1n) is 8.28. The molecule has 1 aliphatic heterocycles. The van der Waals surface area contributed by atoms with Crippen LogP contribution in [-0.4, -0.2) is 53.4 Å². The number of hydrogen-bond acceptors (Lipinski definition) is 6. The first-order valence-corrected chi connectivity index (χ1v) is 8.28. The Bertz CT molecular complexity index is 545. The van der Waals surface area contributed by atoms with Crippen LogP contribution in [0.15, 0.2) is 12.4 Å². The van der Waals surface area contributed by atoms with Crippen molar-refractivity contribution in [2.24, 2.45) is 5.92 Å². The molecule has 134 valence electrons. The third-order valence-corrected chi connectivity index (χ3v) is 3.69. The van der Waals surface area contributed by atoms with E-state index in [0.717, 1.165) is 19.4 Å². The van der Waals surface area contributed by atoms with E-state index in [1.807, 2.05) is 20.8 Å². The van der Waals surface area contributed by atoms with Crippen molar-refractivity contribution in [1.29, 1.82) is 0 Å². The van der Waals surface area contributed by atoms with E-state index >= 15 is 0 Å². The molecule has 0 radical (unpaired) electrons. The largest absolute Gasteiger partial charge is 0.480 e. The van der Waals surface area contributed by atoms with E-state index in [9.17, 15) is 4.79 Å². The monoisotopic (exact) mass is 337 g/mol. The zero-order valence-corrected chi connectivity index (χ0v) is 14.9. The first kappa shape index (κ1) is 18.4. The highest BCUT2D eigenvalue weighted by Crippen LogP contribution is 2.20. The van der Waals surface area contributed by atoms with Gasteiger partial charge in [0.2, 0.25) is 5.88 Å². The molecule has 7 nitrogen and oxygen atoms in total. The Labute approximate surface area is 143 Å². The smallest absolute Gasteiger partial charge is 0.410 e. The fraction of sp³-hybridized carbons (Fsp3) is 0.706. The van der Waals surface area contributed by atoms with Crippen LogP contribution in [0.4, 0.5) is 4.79 Å². The van der Waals surface area contributed by atoms with Crippen LogP contribution >= 0.6 is 0 Å². The Hall–Kier alpha value is -1.89. The van der Waals surface area contributed by atoms with Gasteiger partial charge in [0.15, 0.2) is 0 Å². The van der Waals surface area contributed by atoms with E-state index in [4.69, 9.17) is 14.2 Å². The standard InChI is InChI=1S/C17H27N3O4/c1-17(2,3)24-16(21)20-9-5-6-13(10-20)11-23-12-14-15(22-4)19-8-7-18-14/h7-8,13H,5-6,9-12H2,1-4H3/t13-/m0/s1. The summed E-state index contributed by atoms with van der Waals surface area (Å²) in [5.74, 6) is 0.783. The number of ether oxygens (including phenoxy) is 3. The predicted molar refractivity (Wildman–Crippen MR) is 88.8 cm³/mol. The van der Waals surface area contributed by atoms with Gasteiger partial charge in [-0.3, -0.25) is 4.98 Å². The summed E-state index contributed by atoms with van der Waals surface area (Å²) < 4.78 is 16.4. The summed E-state index contributed by atoms with van der Waals surface area (Å²) in [5, 5.41) is 0. The topological polar surface area (TPSA) is 73.8 Å². The van der Waals surface area contributed by atoms with Crippen molar-refractivity contribution in [1.82, 2.24) is 14.9 Å². The Morgan fingerprint density at radius 2 is 2.08 bits per heavy atom. The van der Waals surface area contributed by atoms with Gasteiger partial charge >= 0.3 is 6.09 Å². The number of amides is 1. The fourth-order valence-electron chi connectivity index (χ4n) is 2.64. The highest BCUT2D eigenvalue weighted by atomic mass is 16.6. The lowest BCUT2D eigenvalue weighted by Crippen LogP contribution is -2.43. The number of carbonyl (C=O) groups excluding carboxylic acids is 1. The Morgan fingerprint density at radius 3 is 2.79 bits per heavy atom. The SMILES string of the molecule is COc1nccnc1COC[C@H]1CCCN(C(=O)OC(C)(C)C)C1. The number of carbonyl (C=O) groups is 1. The van der Waals surface area contributed by atoms with Crippen LogP contribution in [0.3, 0.4) is 0 Å². The molecule has 1 fully saturated rings. The molecule has 24 heavy (non-hydrogen) atoms. The molecule has 1 aromatic rings. The third-order valence-electron chi connectivity index (χ3n) is 3.69. The quantitative estimate of drug-likeness (QED) is 0.822. The Morgan fingerprint density at radius 1 is 1.33 bits per heavy atom. The minimum atomic E-state index is -0.469. The second-order valence-corrected chi connectivity index (χ2v) is 6.96. The number of rotatable bonds is 5. The molecule has 0 bridgehead atoms. The molecule has 0 N–H and O–H groups in total. The molecule has 0 aromatic carbocycles. The second-order valence-electron chi connectivity index (χ2n) is 6.96. The van der Waals surface area contributed by atoms with Crippen LogP contribution in [-0.2, 0) is 16.1 Å². The minimum absolute atomic E-state index is 0.247. The third kappa shape index (κ3) is 5.63. The summed E-state index contributed by atoms with van der Waals surface area (Å²) in [6.07, 6.45) is 4.95. The zero-order chi connectivity index (χ0) is 17.6. The lowest BCUT2D eigenvalue weighted by Gasteiger charge is -2.34. The average Bonchev–Trinajstić information content (AvgIpc) is 2.54. The molecule has 1 aliphatic rings. The van der Waals surface area contributed by atoms with Gasteiger partial charge in [0.05, 0.1) is 20.3 Å². The van der Waals surface area contributed by atoms with Crippen LogP contribution in [0.5, 0.6) is 5.88 Å².